The number of ether oxygens (including phenoxy) is 1. The minimum Gasteiger partial charge on any atom is -0.491 e. The molecule has 0 bridgehead atoms. The van der Waals surface area contributed by atoms with Crippen molar-refractivity contribution < 1.29 is 22.7 Å². The highest BCUT2D eigenvalue weighted by Gasteiger charge is 2.54. The first-order valence-electron chi connectivity index (χ1n) is 9.95. The van der Waals surface area contributed by atoms with E-state index in [4.69, 9.17) is 10.00 Å². The number of aromatic nitrogens is 1. The van der Waals surface area contributed by atoms with E-state index >= 15 is 0 Å². The molecule has 1 unspecified atom stereocenters. The fourth-order valence-corrected chi connectivity index (χ4v) is 4.57. The number of amides is 1. The van der Waals surface area contributed by atoms with E-state index in [2.05, 4.69) is 10.3 Å². The summed E-state index contributed by atoms with van der Waals surface area (Å²) in [5.41, 5.74) is -1.14. The Morgan fingerprint density at radius 1 is 1.25 bits per heavy atom. The van der Waals surface area contributed by atoms with E-state index in [0.29, 0.717) is 12.8 Å². The van der Waals surface area contributed by atoms with E-state index in [0.717, 1.165) is 12.1 Å². The van der Waals surface area contributed by atoms with Crippen LogP contribution in [0.15, 0.2) is 29.1 Å². The number of fused-ring (bicyclic) bond motifs is 2. The van der Waals surface area contributed by atoms with Crippen LogP contribution in [0, 0.1) is 35.7 Å². The summed E-state index contributed by atoms with van der Waals surface area (Å²) >= 11 is 0. The third-order valence-corrected chi connectivity index (χ3v) is 6.26. The average Bonchev–Trinajstić information content (AvgIpc) is 3.45. The van der Waals surface area contributed by atoms with Crippen LogP contribution in [0.2, 0.25) is 0 Å². The highest BCUT2D eigenvalue weighted by molar-refractivity contribution is 5.94. The Kier molecular flexibility index (Phi) is 4.31. The predicted octanol–water partition coefficient (Wildman–Crippen LogP) is 3.41. The van der Waals surface area contributed by atoms with E-state index < -0.39 is 40.4 Å². The first-order chi connectivity index (χ1) is 15.3. The molecule has 32 heavy (non-hydrogen) atoms. The van der Waals surface area contributed by atoms with Crippen molar-refractivity contribution in [1.82, 2.24) is 10.3 Å². The van der Waals surface area contributed by atoms with Crippen LogP contribution in [0.1, 0.15) is 41.1 Å². The van der Waals surface area contributed by atoms with Gasteiger partial charge >= 0.3 is 0 Å². The van der Waals surface area contributed by atoms with Gasteiger partial charge in [0.2, 0.25) is 5.91 Å². The van der Waals surface area contributed by atoms with Crippen LogP contribution < -0.4 is 15.6 Å². The maximum absolute atomic E-state index is 14.5. The number of nitrogens with one attached hydrogen (secondary N) is 2. The second-order valence-corrected chi connectivity index (χ2v) is 8.14. The van der Waals surface area contributed by atoms with Gasteiger partial charge in [0, 0.05) is 10.9 Å². The summed E-state index contributed by atoms with van der Waals surface area (Å²) in [6, 6.07) is 5.69. The standard InChI is InChI=1S/C23H16F3N3O3/c1-10-17-14(3-2-12(24)20(17)26)28-21(30)19(10)23(4-5-23)22(31)29-15-9-32-16-7-11(8-27)6-13(25)18(15)16/h2-3,6-7,15H,4-5,9H2,1H3,(H,28,30)(H,29,31). The summed E-state index contributed by atoms with van der Waals surface area (Å²) < 4.78 is 48.3. The van der Waals surface area contributed by atoms with Crippen LogP contribution in [0.5, 0.6) is 5.75 Å². The molecular formula is C23H16F3N3O3. The molecule has 1 aromatic heterocycles. The zero-order valence-corrected chi connectivity index (χ0v) is 16.8. The van der Waals surface area contributed by atoms with Gasteiger partial charge in [0.15, 0.2) is 11.6 Å². The zero-order chi connectivity index (χ0) is 22.8. The molecule has 9 heteroatoms. The molecule has 0 radical (unpaired) electrons. The molecule has 2 N–H and O–H groups in total. The third kappa shape index (κ3) is 2.79. The Bertz CT molecular complexity index is 1420. The number of carbonyl (C=O) groups is 1. The lowest BCUT2D eigenvalue weighted by molar-refractivity contribution is -0.124. The Labute approximate surface area is 179 Å². The lowest BCUT2D eigenvalue weighted by atomic mass is 9.89. The van der Waals surface area contributed by atoms with Crippen molar-refractivity contribution in [2.45, 2.75) is 31.2 Å². The number of hydrogen-bond acceptors (Lipinski definition) is 4. The van der Waals surface area contributed by atoms with E-state index in [1.165, 1.54) is 19.1 Å². The minimum atomic E-state index is -1.23. The Balaban J connectivity index is 1.54. The monoisotopic (exact) mass is 439 g/mol. The largest absolute Gasteiger partial charge is 0.491 e. The van der Waals surface area contributed by atoms with Crippen molar-refractivity contribution in [3.8, 4) is 11.8 Å². The smallest absolute Gasteiger partial charge is 0.252 e. The Hall–Kier alpha value is -3.80. The molecular weight excluding hydrogens is 423 g/mol. The summed E-state index contributed by atoms with van der Waals surface area (Å²) in [7, 11) is 0. The number of nitrogens with zero attached hydrogens (tertiary/aromatic N) is 1. The van der Waals surface area contributed by atoms with Crippen molar-refractivity contribution in [1.29, 1.82) is 5.26 Å². The van der Waals surface area contributed by atoms with Crippen LogP contribution in [0.4, 0.5) is 13.2 Å². The summed E-state index contributed by atoms with van der Waals surface area (Å²) in [6.45, 7) is 1.45. The number of benzene rings is 2. The number of aryl methyl sites for hydroxylation is 1. The van der Waals surface area contributed by atoms with E-state index in [9.17, 15) is 22.8 Å². The van der Waals surface area contributed by atoms with Gasteiger partial charge < -0.3 is 15.0 Å². The van der Waals surface area contributed by atoms with Crippen LogP contribution in [0.25, 0.3) is 10.9 Å². The van der Waals surface area contributed by atoms with Gasteiger partial charge in [-0.1, -0.05) is 0 Å². The van der Waals surface area contributed by atoms with Crippen LogP contribution in [0.3, 0.4) is 0 Å². The lowest BCUT2D eigenvalue weighted by Gasteiger charge is -2.21. The van der Waals surface area contributed by atoms with Gasteiger partial charge in [0.05, 0.1) is 34.2 Å². The van der Waals surface area contributed by atoms with Crippen molar-refractivity contribution in [3.63, 3.8) is 0 Å². The Morgan fingerprint density at radius 2 is 2.00 bits per heavy atom. The highest BCUT2D eigenvalue weighted by atomic mass is 19.2. The maximum Gasteiger partial charge on any atom is 0.252 e. The number of aromatic amines is 1. The second kappa shape index (κ2) is 6.85. The number of H-pyrrole nitrogens is 1. The summed E-state index contributed by atoms with van der Waals surface area (Å²) in [4.78, 5) is 28.6. The van der Waals surface area contributed by atoms with E-state index in [-0.39, 0.29) is 45.5 Å². The van der Waals surface area contributed by atoms with Crippen LogP contribution in [-0.2, 0) is 10.2 Å². The number of rotatable bonds is 3. The third-order valence-electron chi connectivity index (χ3n) is 6.26. The second-order valence-electron chi connectivity index (χ2n) is 8.14. The van der Waals surface area contributed by atoms with Crippen molar-refractivity contribution in [2.24, 2.45) is 0 Å². The first kappa shape index (κ1) is 20.1. The molecule has 5 rings (SSSR count). The fourth-order valence-electron chi connectivity index (χ4n) is 4.57. The molecule has 0 spiro atoms. The zero-order valence-electron chi connectivity index (χ0n) is 16.8. The summed E-state index contributed by atoms with van der Waals surface area (Å²) in [6.07, 6.45) is 0.670. The van der Waals surface area contributed by atoms with Gasteiger partial charge in [0.1, 0.15) is 18.2 Å². The van der Waals surface area contributed by atoms with Crippen molar-refractivity contribution in [2.75, 3.05) is 6.61 Å². The topological polar surface area (TPSA) is 95.0 Å². The number of nitriles is 1. The van der Waals surface area contributed by atoms with E-state index in [1.54, 1.807) is 0 Å². The van der Waals surface area contributed by atoms with Crippen molar-refractivity contribution in [3.05, 3.63) is 74.3 Å². The molecule has 2 aromatic carbocycles. The molecule has 1 aliphatic carbocycles. The Morgan fingerprint density at radius 3 is 2.69 bits per heavy atom. The molecule has 162 valence electrons. The van der Waals surface area contributed by atoms with Gasteiger partial charge in [-0.3, -0.25) is 9.59 Å². The lowest BCUT2D eigenvalue weighted by Crippen LogP contribution is -2.41. The SMILES string of the molecule is Cc1c(C2(C(=O)NC3COc4cc(C#N)cc(F)c43)CC2)c(=O)[nH]c2ccc(F)c(F)c12. The fraction of sp³-hybridized carbons (Fsp3) is 0.261. The molecule has 1 aliphatic heterocycles. The molecule has 6 nitrogen and oxygen atoms in total. The number of hydrogen-bond donors (Lipinski definition) is 2. The van der Waals surface area contributed by atoms with Crippen LogP contribution >= 0.6 is 0 Å². The molecule has 1 saturated carbocycles. The molecule has 3 aromatic rings. The predicted molar refractivity (Wildman–Crippen MR) is 108 cm³/mol. The quantitative estimate of drug-likeness (QED) is 0.654. The van der Waals surface area contributed by atoms with Crippen LogP contribution in [-0.4, -0.2) is 17.5 Å². The van der Waals surface area contributed by atoms with Gasteiger partial charge in [-0.2, -0.15) is 5.26 Å². The first-order valence-corrected chi connectivity index (χ1v) is 9.95. The molecule has 1 amide bonds. The normalized spacial score (nSPS) is 18.0. The molecule has 1 fully saturated rings. The van der Waals surface area contributed by atoms with Crippen molar-refractivity contribution >= 4 is 16.8 Å². The molecule has 2 aliphatic rings. The number of carbonyl (C=O) groups excluding carboxylic acids is 1. The van der Waals surface area contributed by atoms with Gasteiger partial charge in [0.25, 0.3) is 5.56 Å². The van der Waals surface area contributed by atoms with Gasteiger partial charge in [-0.05, 0) is 49.6 Å². The van der Waals surface area contributed by atoms with Gasteiger partial charge in [-0.25, -0.2) is 13.2 Å². The molecule has 2 heterocycles. The van der Waals surface area contributed by atoms with Gasteiger partial charge in [-0.15, -0.1) is 0 Å². The van der Waals surface area contributed by atoms with E-state index in [1.807, 2.05) is 6.07 Å². The summed E-state index contributed by atoms with van der Waals surface area (Å²) in [5.74, 6) is -3.17. The molecule has 0 saturated heterocycles. The summed E-state index contributed by atoms with van der Waals surface area (Å²) in [5, 5.41) is 11.6. The number of halogens is 3. The average molecular weight is 439 g/mol. The molecule has 1 atom stereocenters. The minimum absolute atomic E-state index is 0.0319. The highest BCUT2D eigenvalue weighted by Crippen LogP contribution is 2.50. The number of pyridine rings is 1. The maximum atomic E-state index is 14.5.